The molecular weight excluding hydrogens is 419 g/mol. The van der Waals surface area contributed by atoms with Gasteiger partial charge in [0.1, 0.15) is 0 Å². The van der Waals surface area contributed by atoms with Gasteiger partial charge in [-0.2, -0.15) is 0 Å². The van der Waals surface area contributed by atoms with Gasteiger partial charge in [-0.05, 0) is 24.3 Å². The minimum absolute atomic E-state index is 0.190. The third-order valence-electron chi connectivity index (χ3n) is 4.28. The molecule has 6 nitrogen and oxygen atoms in total. The van der Waals surface area contributed by atoms with Crippen molar-refractivity contribution in [2.24, 2.45) is 7.05 Å². The number of nitrogens with zero attached hydrogens (tertiary/aromatic N) is 4. The highest BCUT2D eigenvalue weighted by molar-refractivity contribution is 7.15. The van der Waals surface area contributed by atoms with E-state index in [9.17, 15) is 9.59 Å². The minimum Gasteiger partial charge on any atom is -0.318 e. The zero-order valence-corrected chi connectivity index (χ0v) is 17.0. The summed E-state index contributed by atoms with van der Waals surface area (Å²) in [7, 11) is 1.60. The number of carbonyl (C=O) groups is 1. The Kier molecular flexibility index (Phi) is 4.97. The van der Waals surface area contributed by atoms with Gasteiger partial charge >= 0.3 is 0 Å². The lowest BCUT2D eigenvalue weighted by Gasteiger charge is -2.23. The second-order valence-electron chi connectivity index (χ2n) is 6.19. The molecular formula is C19H14Cl2N4O2S. The largest absolute Gasteiger partial charge is 0.318 e. The van der Waals surface area contributed by atoms with E-state index >= 15 is 0 Å². The van der Waals surface area contributed by atoms with Gasteiger partial charge in [-0.3, -0.25) is 14.0 Å². The number of aromatic nitrogens is 3. The van der Waals surface area contributed by atoms with Gasteiger partial charge in [0.2, 0.25) is 5.56 Å². The van der Waals surface area contributed by atoms with Crippen LogP contribution in [0.3, 0.4) is 0 Å². The summed E-state index contributed by atoms with van der Waals surface area (Å²) in [4.78, 5) is 31.8. The number of amides is 1. The molecule has 0 aliphatic carbocycles. The summed E-state index contributed by atoms with van der Waals surface area (Å²) in [6, 6.07) is 7.85. The first-order valence-corrected chi connectivity index (χ1v) is 9.90. The number of anilines is 1. The van der Waals surface area contributed by atoms with E-state index in [4.69, 9.17) is 23.2 Å². The smallest absolute Gasteiger partial charge is 0.260 e. The lowest BCUT2D eigenvalue weighted by Crippen LogP contribution is -2.32. The molecule has 0 atom stereocenters. The molecule has 0 bridgehead atoms. The number of imidazole rings is 1. The summed E-state index contributed by atoms with van der Waals surface area (Å²) in [5.74, 6) is -0.279. The van der Waals surface area contributed by atoms with Crippen molar-refractivity contribution in [2.75, 3.05) is 4.90 Å². The number of fused-ring (bicyclic) bond motifs is 1. The summed E-state index contributed by atoms with van der Waals surface area (Å²) in [5, 5.41) is 2.78. The zero-order chi connectivity index (χ0) is 19.8. The predicted molar refractivity (Wildman–Crippen MR) is 112 cm³/mol. The van der Waals surface area contributed by atoms with Crippen molar-refractivity contribution in [3.63, 3.8) is 0 Å². The number of hydrogen-bond donors (Lipinski definition) is 0. The maximum absolute atomic E-state index is 13.3. The molecule has 0 saturated carbocycles. The summed E-state index contributed by atoms with van der Waals surface area (Å²) >= 11 is 13.8. The number of aryl methyl sites for hydroxylation is 1. The van der Waals surface area contributed by atoms with Crippen LogP contribution in [0.25, 0.3) is 4.96 Å². The van der Waals surface area contributed by atoms with Crippen molar-refractivity contribution < 1.29 is 4.79 Å². The molecule has 0 fully saturated rings. The molecule has 0 unspecified atom stereocenters. The van der Waals surface area contributed by atoms with E-state index in [0.29, 0.717) is 21.3 Å². The number of pyridine rings is 1. The highest BCUT2D eigenvalue weighted by Gasteiger charge is 2.21. The number of thiazole rings is 1. The molecule has 142 valence electrons. The average Bonchev–Trinajstić information content (AvgIpc) is 3.25. The van der Waals surface area contributed by atoms with E-state index in [-0.39, 0.29) is 18.0 Å². The van der Waals surface area contributed by atoms with E-state index in [2.05, 4.69) is 4.98 Å². The molecule has 4 aromatic rings. The van der Waals surface area contributed by atoms with E-state index < -0.39 is 0 Å². The highest BCUT2D eigenvalue weighted by atomic mass is 35.5. The van der Waals surface area contributed by atoms with Gasteiger partial charge in [0.15, 0.2) is 4.96 Å². The Labute approximate surface area is 174 Å². The third kappa shape index (κ3) is 3.56. The van der Waals surface area contributed by atoms with E-state index in [1.165, 1.54) is 34.2 Å². The van der Waals surface area contributed by atoms with Crippen LogP contribution in [0.5, 0.6) is 0 Å². The summed E-state index contributed by atoms with van der Waals surface area (Å²) in [6.07, 6.45) is 5.15. The average molecular weight is 433 g/mol. The van der Waals surface area contributed by atoms with Crippen LogP contribution in [-0.2, 0) is 13.6 Å². The quantitative estimate of drug-likeness (QED) is 0.484. The van der Waals surface area contributed by atoms with Gasteiger partial charge < -0.3 is 9.47 Å². The number of rotatable bonds is 4. The van der Waals surface area contributed by atoms with Crippen LogP contribution >= 0.6 is 34.5 Å². The Balaban J connectivity index is 1.80. The number of carbonyl (C=O) groups excluding carboxylic acids is 1. The first-order valence-electron chi connectivity index (χ1n) is 8.26. The fourth-order valence-corrected chi connectivity index (χ4v) is 4.13. The van der Waals surface area contributed by atoms with Crippen molar-refractivity contribution in [2.45, 2.75) is 6.54 Å². The lowest BCUT2D eigenvalue weighted by atomic mass is 10.2. The third-order valence-corrected chi connectivity index (χ3v) is 5.49. The fourth-order valence-electron chi connectivity index (χ4n) is 2.91. The van der Waals surface area contributed by atoms with E-state index in [0.717, 1.165) is 10.7 Å². The van der Waals surface area contributed by atoms with Crippen molar-refractivity contribution >= 4 is 51.1 Å². The van der Waals surface area contributed by atoms with Crippen LogP contribution in [-0.4, -0.2) is 19.9 Å². The van der Waals surface area contributed by atoms with E-state index in [1.807, 2.05) is 16.0 Å². The molecule has 0 aliphatic rings. The predicted octanol–water partition coefficient (Wildman–Crippen LogP) is 4.25. The molecule has 9 heteroatoms. The zero-order valence-electron chi connectivity index (χ0n) is 14.7. The van der Waals surface area contributed by atoms with Gasteiger partial charge in [0.05, 0.1) is 24.0 Å². The monoisotopic (exact) mass is 432 g/mol. The number of benzene rings is 1. The van der Waals surface area contributed by atoms with Crippen LogP contribution in [0.4, 0.5) is 5.69 Å². The maximum Gasteiger partial charge on any atom is 0.260 e. The van der Waals surface area contributed by atoms with Crippen molar-refractivity contribution in [1.29, 1.82) is 0 Å². The molecule has 1 aromatic carbocycles. The van der Waals surface area contributed by atoms with Crippen LogP contribution < -0.4 is 10.5 Å². The first-order chi connectivity index (χ1) is 13.4. The second kappa shape index (κ2) is 7.43. The second-order valence-corrected chi connectivity index (χ2v) is 7.94. The molecule has 3 aromatic heterocycles. The Morgan fingerprint density at radius 1 is 1.21 bits per heavy atom. The van der Waals surface area contributed by atoms with Gasteiger partial charge in [-0.1, -0.05) is 23.2 Å². The molecule has 1 amide bonds. The molecule has 3 heterocycles. The molecule has 28 heavy (non-hydrogen) atoms. The highest BCUT2D eigenvalue weighted by Crippen LogP contribution is 2.28. The summed E-state index contributed by atoms with van der Waals surface area (Å²) in [5.41, 5.74) is 1.58. The number of halogens is 2. The van der Waals surface area contributed by atoms with Crippen LogP contribution in [0.15, 0.2) is 59.1 Å². The molecule has 0 aliphatic heterocycles. The molecule has 0 radical (unpaired) electrons. The fraction of sp³-hybridized carbons (Fsp3) is 0.105. The van der Waals surface area contributed by atoms with Crippen molar-refractivity contribution in [3.8, 4) is 0 Å². The normalized spacial score (nSPS) is 11.1. The topological polar surface area (TPSA) is 59.6 Å². The van der Waals surface area contributed by atoms with Crippen LogP contribution in [0.1, 0.15) is 16.1 Å². The molecule has 0 saturated heterocycles. The standard InChI is InChI=1S/C19H14Cl2N4O2S/c1-23-10-12(2-3-17(23)26)18(27)25(15-7-13(20)6-14(21)8-15)11-16-9-22-19-24(16)4-5-28-19/h2-10H,11H2,1H3. The SMILES string of the molecule is Cn1cc(C(=O)N(Cc2cnc3sccn23)c2cc(Cl)cc(Cl)c2)ccc1=O. The number of hydrogen-bond acceptors (Lipinski definition) is 4. The Hall–Kier alpha value is -2.61. The Morgan fingerprint density at radius 2 is 1.96 bits per heavy atom. The van der Waals surface area contributed by atoms with Crippen LogP contribution in [0, 0.1) is 0 Å². The summed E-state index contributed by atoms with van der Waals surface area (Å²) < 4.78 is 3.30. The van der Waals surface area contributed by atoms with Crippen molar-refractivity contribution in [1.82, 2.24) is 14.0 Å². The first kappa shape index (κ1) is 18.7. The molecule has 4 rings (SSSR count). The van der Waals surface area contributed by atoms with Gasteiger partial charge in [-0.15, -0.1) is 11.3 Å². The Bertz CT molecular complexity index is 1220. The molecule has 0 N–H and O–H groups in total. The lowest BCUT2D eigenvalue weighted by molar-refractivity contribution is 0.0984. The van der Waals surface area contributed by atoms with Gasteiger partial charge in [-0.25, -0.2) is 4.98 Å². The van der Waals surface area contributed by atoms with Crippen molar-refractivity contribution in [3.05, 3.63) is 86.0 Å². The minimum atomic E-state index is -0.279. The maximum atomic E-state index is 13.3. The van der Waals surface area contributed by atoms with E-state index in [1.54, 1.807) is 36.3 Å². The molecule has 0 spiro atoms. The van der Waals surface area contributed by atoms with Gasteiger partial charge in [0, 0.05) is 46.6 Å². The summed E-state index contributed by atoms with van der Waals surface area (Å²) in [6.45, 7) is 0.260. The van der Waals surface area contributed by atoms with Crippen LogP contribution in [0.2, 0.25) is 10.0 Å². The Morgan fingerprint density at radius 3 is 2.68 bits per heavy atom. The van der Waals surface area contributed by atoms with Gasteiger partial charge in [0.25, 0.3) is 5.91 Å².